The molecule has 0 unspecified atom stereocenters. The van der Waals surface area contributed by atoms with Gasteiger partial charge in [0.1, 0.15) is 22.6 Å². The highest BCUT2D eigenvalue weighted by molar-refractivity contribution is 8.15. The van der Waals surface area contributed by atoms with Gasteiger partial charge in [0, 0.05) is 24.1 Å². The first-order valence-corrected chi connectivity index (χ1v) is 12.4. The van der Waals surface area contributed by atoms with Crippen molar-refractivity contribution >= 4 is 40.1 Å². The van der Waals surface area contributed by atoms with Gasteiger partial charge in [-0.15, -0.1) is 0 Å². The Labute approximate surface area is 216 Å². The number of amidine groups is 1. The fraction of sp³-hybridized carbons (Fsp3) is 0.185. The quantitative estimate of drug-likeness (QED) is 0.486. The molecule has 3 aromatic carbocycles. The van der Waals surface area contributed by atoms with Crippen LogP contribution in [0, 0.1) is 11.6 Å². The highest BCUT2D eigenvalue weighted by Crippen LogP contribution is 2.39. The monoisotopic (exact) mass is 520 g/mol. The Kier molecular flexibility index (Phi) is 7.00. The summed E-state index contributed by atoms with van der Waals surface area (Å²) in [6.07, 6.45) is 0.276. The molecule has 2 heterocycles. The topological polar surface area (TPSA) is 83.4 Å². The van der Waals surface area contributed by atoms with Crippen molar-refractivity contribution < 1.29 is 23.1 Å². The van der Waals surface area contributed by atoms with Crippen molar-refractivity contribution in [1.29, 1.82) is 0 Å². The molecule has 0 bridgehead atoms. The lowest BCUT2D eigenvalue weighted by Gasteiger charge is -2.23. The maximum absolute atomic E-state index is 14.8. The van der Waals surface area contributed by atoms with Gasteiger partial charge in [0.2, 0.25) is 5.91 Å². The largest absolute Gasteiger partial charge is 0.497 e. The Morgan fingerprint density at radius 1 is 1.08 bits per heavy atom. The van der Waals surface area contributed by atoms with E-state index in [-0.39, 0.29) is 12.2 Å². The summed E-state index contributed by atoms with van der Waals surface area (Å²) < 4.78 is 33.2. The molecular formula is C27H22F2N4O3S. The predicted molar refractivity (Wildman–Crippen MR) is 139 cm³/mol. The SMILES string of the molecule is COc1ccc(C2=NN(C3=NC(=O)[C@H](CC(=O)Nc4ccc(F)cc4)S3)[C@@H](c3ccccc3F)C2)cc1. The molecular weight excluding hydrogens is 498 g/mol. The average molecular weight is 521 g/mol. The standard InChI is InChI=1S/C27H22F2N4O3S/c1-36-19-12-6-16(7-13-19)22-14-23(20-4-2-3-5-21(20)29)33(32-22)27-31-26(35)24(37-27)15-25(34)30-18-10-8-17(28)9-11-18/h2-13,23-24H,14-15H2,1H3,(H,30,34)/t23-,24+/m1/s1. The molecule has 0 saturated heterocycles. The molecule has 188 valence electrons. The van der Waals surface area contributed by atoms with E-state index in [1.165, 1.54) is 30.3 Å². The minimum absolute atomic E-state index is 0.124. The number of carbonyl (C=O) groups is 2. The number of nitrogens with zero attached hydrogens (tertiary/aromatic N) is 3. The number of amides is 2. The number of hydrogen-bond donors (Lipinski definition) is 1. The van der Waals surface area contributed by atoms with E-state index in [1.807, 2.05) is 24.3 Å². The number of nitrogens with one attached hydrogen (secondary N) is 1. The molecule has 2 aliphatic heterocycles. The molecule has 7 nitrogen and oxygen atoms in total. The van der Waals surface area contributed by atoms with Gasteiger partial charge in [0.15, 0.2) is 5.17 Å². The number of halogens is 2. The van der Waals surface area contributed by atoms with E-state index in [0.29, 0.717) is 34.3 Å². The molecule has 0 aliphatic carbocycles. The highest BCUT2D eigenvalue weighted by atomic mass is 32.2. The minimum Gasteiger partial charge on any atom is -0.497 e. The van der Waals surface area contributed by atoms with Crippen molar-refractivity contribution in [3.05, 3.63) is 95.6 Å². The number of aliphatic imine (C=N–C) groups is 1. The van der Waals surface area contributed by atoms with E-state index in [4.69, 9.17) is 9.84 Å². The molecule has 1 N–H and O–H groups in total. The normalized spacial score (nSPS) is 19.0. The van der Waals surface area contributed by atoms with Crippen molar-refractivity contribution in [3.8, 4) is 5.75 Å². The van der Waals surface area contributed by atoms with E-state index in [0.717, 1.165) is 17.3 Å². The van der Waals surface area contributed by atoms with Gasteiger partial charge in [-0.2, -0.15) is 10.1 Å². The smallest absolute Gasteiger partial charge is 0.262 e. The van der Waals surface area contributed by atoms with Gasteiger partial charge in [-0.1, -0.05) is 30.0 Å². The van der Waals surface area contributed by atoms with E-state index < -0.39 is 28.9 Å². The zero-order chi connectivity index (χ0) is 25.9. The highest BCUT2D eigenvalue weighted by Gasteiger charge is 2.39. The van der Waals surface area contributed by atoms with Crippen molar-refractivity contribution in [2.45, 2.75) is 24.1 Å². The van der Waals surface area contributed by atoms with Gasteiger partial charge >= 0.3 is 0 Å². The van der Waals surface area contributed by atoms with Crippen LogP contribution in [-0.2, 0) is 9.59 Å². The lowest BCUT2D eigenvalue weighted by atomic mass is 9.98. The summed E-state index contributed by atoms with van der Waals surface area (Å²) in [4.78, 5) is 29.4. The van der Waals surface area contributed by atoms with Gasteiger partial charge in [0.25, 0.3) is 5.91 Å². The number of carbonyl (C=O) groups excluding carboxylic acids is 2. The average Bonchev–Trinajstić information content (AvgIpc) is 3.49. The third-order valence-corrected chi connectivity index (χ3v) is 7.16. The van der Waals surface area contributed by atoms with Crippen LogP contribution in [0.2, 0.25) is 0 Å². The lowest BCUT2D eigenvalue weighted by Crippen LogP contribution is -2.25. The number of hydrazone groups is 1. The molecule has 0 fully saturated rings. The third kappa shape index (κ3) is 5.39. The number of methoxy groups -OCH3 is 1. The molecule has 37 heavy (non-hydrogen) atoms. The summed E-state index contributed by atoms with van der Waals surface area (Å²) in [5.41, 5.74) is 2.41. The van der Waals surface area contributed by atoms with E-state index >= 15 is 0 Å². The van der Waals surface area contributed by atoms with Crippen LogP contribution in [0.3, 0.4) is 0 Å². The third-order valence-electron chi connectivity index (χ3n) is 6.02. The Balaban J connectivity index is 1.36. The van der Waals surface area contributed by atoms with Crippen LogP contribution >= 0.6 is 11.8 Å². The fourth-order valence-electron chi connectivity index (χ4n) is 4.15. The summed E-state index contributed by atoms with van der Waals surface area (Å²) in [6.45, 7) is 0. The van der Waals surface area contributed by atoms with Crippen LogP contribution in [0.25, 0.3) is 0 Å². The number of rotatable bonds is 6. The molecule has 2 atom stereocenters. The first-order chi connectivity index (χ1) is 17.9. The number of hydrogen-bond acceptors (Lipinski definition) is 6. The maximum atomic E-state index is 14.8. The van der Waals surface area contributed by atoms with Gasteiger partial charge in [-0.05, 0) is 60.2 Å². The zero-order valence-electron chi connectivity index (χ0n) is 19.7. The summed E-state index contributed by atoms with van der Waals surface area (Å²) >= 11 is 1.12. The second-order valence-electron chi connectivity index (χ2n) is 8.46. The Morgan fingerprint density at radius 2 is 1.81 bits per heavy atom. The molecule has 0 radical (unpaired) electrons. The van der Waals surface area contributed by atoms with Gasteiger partial charge in [0.05, 0.1) is 18.9 Å². The first-order valence-electron chi connectivity index (χ1n) is 11.5. The second kappa shape index (κ2) is 10.5. The number of thioether (sulfide) groups is 1. The number of ether oxygens (including phenoxy) is 1. The second-order valence-corrected chi connectivity index (χ2v) is 9.63. The van der Waals surface area contributed by atoms with Crippen molar-refractivity contribution in [1.82, 2.24) is 5.01 Å². The Bertz CT molecular complexity index is 1390. The summed E-state index contributed by atoms with van der Waals surface area (Å²) in [5.74, 6) is -0.957. The molecule has 0 spiro atoms. The lowest BCUT2D eigenvalue weighted by molar-refractivity contribution is -0.121. The minimum atomic E-state index is -0.753. The zero-order valence-corrected chi connectivity index (χ0v) is 20.5. The maximum Gasteiger partial charge on any atom is 0.262 e. The van der Waals surface area contributed by atoms with Gasteiger partial charge in [-0.3, -0.25) is 9.59 Å². The van der Waals surface area contributed by atoms with Crippen molar-refractivity contribution in [2.24, 2.45) is 10.1 Å². The van der Waals surface area contributed by atoms with Crippen LogP contribution < -0.4 is 10.1 Å². The molecule has 3 aromatic rings. The summed E-state index contributed by atoms with van der Waals surface area (Å²) in [5, 5.41) is 8.50. The van der Waals surface area contributed by atoms with Gasteiger partial charge in [-0.25, -0.2) is 13.8 Å². The van der Waals surface area contributed by atoms with Crippen LogP contribution in [0.1, 0.15) is 30.0 Å². The Morgan fingerprint density at radius 3 is 2.51 bits per heavy atom. The molecule has 5 rings (SSSR count). The fourth-order valence-corrected chi connectivity index (χ4v) is 5.21. The van der Waals surface area contributed by atoms with Crippen LogP contribution in [0.15, 0.2) is 82.9 Å². The molecule has 0 aromatic heterocycles. The van der Waals surface area contributed by atoms with Crippen LogP contribution in [0.4, 0.5) is 14.5 Å². The van der Waals surface area contributed by atoms with Gasteiger partial charge < -0.3 is 10.1 Å². The van der Waals surface area contributed by atoms with Crippen molar-refractivity contribution in [3.63, 3.8) is 0 Å². The first kappa shape index (κ1) is 24.6. The van der Waals surface area contributed by atoms with E-state index in [1.54, 1.807) is 30.3 Å². The van der Waals surface area contributed by atoms with E-state index in [9.17, 15) is 18.4 Å². The molecule has 0 saturated carbocycles. The van der Waals surface area contributed by atoms with E-state index in [2.05, 4.69) is 10.3 Å². The van der Waals surface area contributed by atoms with Crippen LogP contribution in [0.5, 0.6) is 5.75 Å². The number of benzene rings is 3. The molecule has 2 aliphatic rings. The molecule has 10 heteroatoms. The number of anilines is 1. The Hall–Kier alpha value is -4.05. The van der Waals surface area contributed by atoms with Crippen molar-refractivity contribution in [2.75, 3.05) is 12.4 Å². The van der Waals surface area contributed by atoms with Crippen LogP contribution in [-0.4, -0.2) is 40.1 Å². The summed E-state index contributed by atoms with van der Waals surface area (Å²) in [6, 6.07) is 18.7. The summed E-state index contributed by atoms with van der Waals surface area (Å²) in [7, 11) is 1.58. The molecule has 2 amide bonds. The predicted octanol–water partition coefficient (Wildman–Crippen LogP) is 5.15.